The number of nitriles is 1. The summed E-state index contributed by atoms with van der Waals surface area (Å²) in [5, 5.41) is 20.2. The minimum atomic E-state index is -0.657. The molecule has 1 atom stereocenters. The summed E-state index contributed by atoms with van der Waals surface area (Å²) in [6, 6.07) is 14.2. The van der Waals surface area contributed by atoms with Crippen molar-refractivity contribution in [2.45, 2.75) is 45.3 Å². The van der Waals surface area contributed by atoms with Crippen LogP contribution in [-0.4, -0.2) is 46.3 Å². The zero-order valence-electron chi connectivity index (χ0n) is 19.6. The molecule has 3 heterocycles. The Balaban J connectivity index is 1.37. The third kappa shape index (κ3) is 3.76. The molecule has 6 heteroatoms. The van der Waals surface area contributed by atoms with Gasteiger partial charge in [-0.25, -0.2) is 4.98 Å². The molecule has 2 aliphatic rings. The molecule has 2 aliphatic heterocycles. The number of likely N-dealkylation sites (tertiary alicyclic amines) is 1. The van der Waals surface area contributed by atoms with Gasteiger partial charge in [0.15, 0.2) is 0 Å². The number of benzene rings is 2. The summed E-state index contributed by atoms with van der Waals surface area (Å²) < 4.78 is 5.42. The molecule has 0 radical (unpaired) electrons. The van der Waals surface area contributed by atoms with E-state index in [2.05, 4.69) is 55.8 Å². The Hall–Kier alpha value is -2.98. The predicted octanol–water partition coefficient (Wildman–Crippen LogP) is 4.25. The van der Waals surface area contributed by atoms with Crippen molar-refractivity contribution < 1.29 is 9.84 Å². The number of aryl methyl sites for hydroxylation is 3. The molecular weight excluding hydrogens is 412 g/mol. The third-order valence-electron chi connectivity index (χ3n) is 7.21. The molecule has 0 aliphatic carbocycles. The minimum absolute atomic E-state index is 0.0535. The van der Waals surface area contributed by atoms with Crippen LogP contribution in [0.3, 0.4) is 0 Å². The standard InChI is InChI=1S/C27H30N4O2/c1-16-9-17(2)23(10-22(16)24-18(3)29-26(30-24)27(4)14-33-15-27)25(32)31-12-21(13-31)20-7-5-19(11-28)6-8-20/h5-10,21,25,32H,12-15H2,1-4H3,(H,29,30). The van der Waals surface area contributed by atoms with Crippen LogP contribution in [0.15, 0.2) is 36.4 Å². The molecule has 1 unspecified atom stereocenters. The second-order valence-corrected chi connectivity index (χ2v) is 9.89. The Kier molecular flexibility index (Phi) is 5.37. The van der Waals surface area contributed by atoms with E-state index >= 15 is 0 Å². The van der Waals surface area contributed by atoms with Crippen molar-refractivity contribution in [2.24, 2.45) is 0 Å². The average molecular weight is 443 g/mol. The smallest absolute Gasteiger partial charge is 0.133 e. The number of nitrogens with one attached hydrogen (secondary N) is 1. The number of ether oxygens (including phenoxy) is 1. The number of rotatable bonds is 5. The molecule has 2 saturated heterocycles. The van der Waals surface area contributed by atoms with Crippen LogP contribution in [0, 0.1) is 32.1 Å². The van der Waals surface area contributed by atoms with Crippen molar-refractivity contribution in [3.05, 3.63) is 75.7 Å². The molecule has 33 heavy (non-hydrogen) atoms. The van der Waals surface area contributed by atoms with Crippen LogP contribution in [0.25, 0.3) is 11.3 Å². The lowest BCUT2D eigenvalue weighted by molar-refractivity contribution is -0.0539. The van der Waals surface area contributed by atoms with Crippen LogP contribution in [0.4, 0.5) is 0 Å². The number of imidazole rings is 1. The second kappa shape index (κ2) is 8.11. The van der Waals surface area contributed by atoms with Gasteiger partial charge >= 0.3 is 0 Å². The van der Waals surface area contributed by atoms with Crippen molar-refractivity contribution in [1.82, 2.24) is 14.9 Å². The summed E-state index contributed by atoms with van der Waals surface area (Å²) in [6.07, 6.45) is -0.657. The molecule has 5 rings (SSSR count). The zero-order chi connectivity index (χ0) is 23.3. The summed E-state index contributed by atoms with van der Waals surface area (Å²) in [5.41, 5.74) is 8.04. The molecule has 3 aromatic rings. The Labute approximate surface area is 194 Å². The predicted molar refractivity (Wildman–Crippen MR) is 127 cm³/mol. The van der Waals surface area contributed by atoms with Gasteiger partial charge in [-0.15, -0.1) is 0 Å². The number of aliphatic hydroxyl groups is 1. The lowest BCUT2D eigenvalue weighted by Crippen LogP contribution is -2.47. The first-order valence-electron chi connectivity index (χ1n) is 11.5. The van der Waals surface area contributed by atoms with E-state index in [-0.39, 0.29) is 5.41 Å². The van der Waals surface area contributed by atoms with Gasteiger partial charge < -0.3 is 14.8 Å². The fourth-order valence-electron chi connectivity index (χ4n) is 4.91. The minimum Gasteiger partial charge on any atom is -0.379 e. The van der Waals surface area contributed by atoms with Gasteiger partial charge in [0.25, 0.3) is 0 Å². The molecule has 0 amide bonds. The fourth-order valence-corrected chi connectivity index (χ4v) is 4.91. The summed E-state index contributed by atoms with van der Waals surface area (Å²) >= 11 is 0. The van der Waals surface area contributed by atoms with E-state index in [9.17, 15) is 5.11 Å². The Bertz CT molecular complexity index is 1230. The number of hydrogen-bond donors (Lipinski definition) is 2. The highest BCUT2D eigenvalue weighted by Gasteiger charge is 2.39. The average Bonchev–Trinajstić information content (AvgIpc) is 3.13. The maximum atomic E-state index is 11.2. The number of hydrogen-bond acceptors (Lipinski definition) is 5. The van der Waals surface area contributed by atoms with Crippen LogP contribution in [0.5, 0.6) is 0 Å². The summed E-state index contributed by atoms with van der Waals surface area (Å²) in [4.78, 5) is 10.5. The quantitative estimate of drug-likeness (QED) is 0.617. The number of aromatic nitrogens is 2. The summed E-state index contributed by atoms with van der Waals surface area (Å²) in [5.74, 6) is 1.34. The van der Waals surface area contributed by atoms with Crippen molar-refractivity contribution >= 4 is 0 Å². The van der Waals surface area contributed by atoms with Gasteiger partial charge in [0, 0.05) is 30.3 Å². The largest absolute Gasteiger partial charge is 0.379 e. The summed E-state index contributed by atoms with van der Waals surface area (Å²) in [7, 11) is 0. The van der Waals surface area contributed by atoms with Crippen LogP contribution < -0.4 is 0 Å². The Morgan fingerprint density at radius 1 is 1.15 bits per heavy atom. The number of aromatic amines is 1. The van der Waals surface area contributed by atoms with Crippen LogP contribution in [0.1, 0.15) is 58.4 Å². The molecule has 2 fully saturated rings. The Morgan fingerprint density at radius 2 is 1.85 bits per heavy atom. The normalized spacial score (nSPS) is 18.9. The molecule has 170 valence electrons. The second-order valence-electron chi connectivity index (χ2n) is 9.89. The van der Waals surface area contributed by atoms with Crippen molar-refractivity contribution in [3.8, 4) is 17.3 Å². The van der Waals surface area contributed by atoms with Gasteiger partial charge in [-0.2, -0.15) is 5.26 Å². The molecule has 1 aromatic heterocycles. The van der Waals surface area contributed by atoms with E-state index < -0.39 is 6.23 Å². The van der Waals surface area contributed by atoms with Crippen molar-refractivity contribution in [3.63, 3.8) is 0 Å². The van der Waals surface area contributed by atoms with E-state index in [1.807, 2.05) is 24.3 Å². The van der Waals surface area contributed by atoms with Crippen LogP contribution >= 0.6 is 0 Å². The number of nitrogens with zero attached hydrogens (tertiary/aromatic N) is 3. The van der Waals surface area contributed by atoms with Gasteiger partial charge in [0.05, 0.1) is 36.0 Å². The molecule has 0 bridgehead atoms. The molecule has 0 saturated carbocycles. The van der Waals surface area contributed by atoms with E-state index in [1.165, 1.54) is 5.56 Å². The maximum absolute atomic E-state index is 11.2. The van der Waals surface area contributed by atoms with Gasteiger partial charge in [0.1, 0.15) is 12.1 Å². The monoisotopic (exact) mass is 442 g/mol. The highest BCUT2D eigenvalue weighted by Crippen LogP contribution is 2.38. The van der Waals surface area contributed by atoms with Crippen LogP contribution in [-0.2, 0) is 10.2 Å². The SMILES string of the molecule is Cc1cc(C)c(C(O)N2CC(c3ccc(C#N)cc3)C2)cc1-c1nc(C2(C)COC2)[nH]c1C. The van der Waals surface area contributed by atoms with Gasteiger partial charge in [-0.1, -0.05) is 18.2 Å². The zero-order valence-corrected chi connectivity index (χ0v) is 19.6. The lowest BCUT2D eigenvalue weighted by Gasteiger charge is -2.43. The highest BCUT2D eigenvalue weighted by molar-refractivity contribution is 5.68. The maximum Gasteiger partial charge on any atom is 0.133 e. The van der Waals surface area contributed by atoms with Gasteiger partial charge in [-0.3, -0.25) is 4.90 Å². The van der Waals surface area contributed by atoms with Gasteiger partial charge in [0.2, 0.25) is 0 Å². The lowest BCUT2D eigenvalue weighted by atomic mass is 9.88. The number of aliphatic hydroxyl groups excluding tert-OH is 1. The molecule has 6 nitrogen and oxygen atoms in total. The summed E-state index contributed by atoms with van der Waals surface area (Å²) in [6.45, 7) is 11.3. The van der Waals surface area contributed by atoms with Crippen molar-refractivity contribution in [2.75, 3.05) is 26.3 Å². The van der Waals surface area contributed by atoms with E-state index in [1.54, 1.807) is 0 Å². The Morgan fingerprint density at radius 3 is 2.45 bits per heavy atom. The first kappa shape index (κ1) is 21.8. The third-order valence-corrected chi connectivity index (χ3v) is 7.21. The first-order valence-corrected chi connectivity index (χ1v) is 11.5. The highest BCUT2D eigenvalue weighted by atomic mass is 16.5. The molecule has 2 N–H and O–H groups in total. The fraction of sp³-hybridized carbons (Fsp3) is 0.407. The molecule has 2 aromatic carbocycles. The van der Waals surface area contributed by atoms with Crippen LogP contribution in [0.2, 0.25) is 0 Å². The molecule has 0 spiro atoms. The topological polar surface area (TPSA) is 85.2 Å². The van der Waals surface area contributed by atoms with E-state index in [4.69, 9.17) is 15.0 Å². The van der Waals surface area contributed by atoms with E-state index in [0.29, 0.717) is 24.7 Å². The van der Waals surface area contributed by atoms with Gasteiger partial charge in [-0.05, 0) is 68.1 Å². The number of H-pyrrole nitrogens is 1. The first-order chi connectivity index (χ1) is 15.8. The van der Waals surface area contributed by atoms with E-state index in [0.717, 1.165) is 52.6 Å². The molecular formula is C27H30N4O2. The van der Waals surface area contributed by atoms with Crippen molar-refractivity contribution in [1.29, 1.82) is 5.26 Å².